The molecule has 0 atom stereocenters. The Morgan fingerprint density at radius 2 is 1.78 bits per heavy atom. The Bertz CT molecular complexity index is 1070. The Morgan fingerprint density at radius 1 is 1.04 bits per heavy atom. The van der Waals surface area contributed by atoms with Gasteiger partial charge in [-0.2, -0.15) is 0 Å². The third-order valence-electron chi connectivity index (χ3n) is 3.90. The van der Waals surface area contributed by atoms with Crippen LogP contribution in [-0.4, -0.2) is 16.0 Å². The molecule has 0 aliphatic carbocycles. The van der Waals surface area contributed by atoms with Gasteiger partial charge in [0, 0.05) is 4.47 Å². The van der Waals surface area contributed by atoms with Gasteiger partial charge in [0.1, 0.15) is 11.3 Å². The average molecular weight is 428 g/mol. The molecule has 0 aromatic heterocycles. The summed E-state index contributed by atoms with van der Waals surface area (Å²) in [6, 6.07) is 16.4. The molecule has 4 rings (SSSR count). The number of nitrogens with zero attached hydrogens (tertiary/aromatic N) is 1. The van der Waals surface area contributed by atoms with Gasteiger partial charge in [0.05, 0.1) is 22.7 Å². The van der Waals surface area contributed by atoms with Crippen LogP contribution in [0.5, 0.6) is 23.0 Å². The fraction of sp³-hybridized carbons (Fsp3) is 0. The number of benzene rings is 3. The van der Waals surface area contributed by atoms with Crippen molar-refractivity contribution in [3.63, 3.8) is 0 Å². The molecule has 0 bridgehead atoms. The molecule has 0 spiro atoms. The zero-order valence-electron chi connectivity index (χ0n) is 13.7. The number of carbonyl (C=O) groups excluding carboxylic acids is 1. The van der Waals surface area contributed by atoms with Crippen molar-refractivity contribution in [3.05, 3.63) is 75.6 Å². The molecule has 1 aliphatic heterocycles. The molecule has 8 heteroatoms. The van der Waals surface area contributed by atoms with Crippen LogP contribution in [0, 0.1) is 4.91 Å². The van der Waals surface area contributed by atoms with E-state index in [1.54, 1.807) is 48.5 Å². The van der Waals surface area contributed by atoms with Gasteiger partial charge in [-0.15, -0.1) is 0 Å². The van der Waals surface area contributed by atoms with E-state index in [-0.39, 0.29) is 27.7 Å². The predicted octanol–water partition coefficient (Wildman–Crippen LogP) is 5.40. The van der Waals surface area contributed by atoms with E-state index in [1.807, 2.05) is 0 Å². The first kappa shape index (κ1) is 17.0. The number of hydrogen-bond acceptors (Lipinski definition) is 4. The zero-order valence-corrected chi connectivity index (χ0v) is 15.3. The molecule has 7 nitrogen and oxygen atoms in total. The van der Waals surface area contributed by atoms with Gasteiger partial charge in [-0.1, -0.05) is 28.1 Å². The number of hydrogen-bond donors (Lipinski definition) is 2. The van der Waals surface area contributed by atoms with E-state index < -0.39 is 5.91 Å². The van der Waals surface area contributed by atoms with Crippen molar-refractivity contribution in [1.29, 1.82) is 0 Å². The van der Waals surface area contributed by atoms with Gasteiger partial charge in [0.15, 0.2) is 17.2 Å². The van der Waals surface area contributed by atoms with Crippen LogP contribution in [0.3, 0.4) is 0 Å². The number of rotatable bonds is 3. The molecule has 0 radical (unpaired) electrons. The number of para-hydroxylation sites is 2. The second-order valence-electron chi connectivity index (χ2n) is 5.70. The monoisotopic (exact) mass is 427 g/mol. The van der Waals surface area contributed by atoms with Crippen molar-refractivity contribution in [2.75, 3.05) is 5.32 Å². The van der Waals surface area contributed by atoms with Crippen molar-refractivity contribution in [2.24, 2.45) is 0 Å². The van der Waals surface area contributed by atoms with Crippen LogP contribution in [0.25, 0.3) is 0 Å². The first-order valence-electron chi connectivity index (χ1n) is 7.87. The van der Waals surface area contributed by atoms with Gasteiger partial charge in [0.25, 0.3) is 10.8 Å². The van der Waals surface area contributed by atoms with Crippen LogP contribution < -0.4 is 14.8 Å². The topological polar surface area (TPSA) is 87.9 Å². The number of fused-ring (bicyclic) bond motifs is 2. The van der Waals surface area contributed by atoms with Crippen molar-refractivity contribution in [1.82, 2.24) is 0 Å². The van der Waals surface area contributed by atoms with E-state index in [0.717, 1.165) is 4.47 Å². The smallest absolute Gasteiger partial charge is 0.324 e. The number of halogens is 1. The summed E-state index contributed by atoms with van der Waals surface area (Å²) < 4.78 is 12.5. The first-order chi connectivity index (χ1) is 13.0. The lowest BCUT2D eigenvalue weighted by atomic mass is 10.1. The van der Waals surface area contributed by atoms with Crippen molar-refractivity contribution >= 4 is 33.2 Å². The minimum Gasteiger partial charge on any atom is -0.456 e. The van der Waals surface area contributed by atoms with Crippen LogP contribution in [0.1, 0.15) is 10.4 Å². The van der Waals surface area contributed by atoms with Crippen LogP contribution >= 0.6 is 15.9 Å². The Hall–Kier alpha value is -3.39. The van der Waals surface area contributed by atoms with Crippen molar-refractivity contribution in [3.8, 4) is 23.0 Å². The number of amides is 1. The van der Waals surface area contributed by atoms with Gasteiger partial charge in [-0.3, -0.25) is 4.79 Å². The van der Waals surface area contributed by atoms with Gasteiger partial charge in [-0.05, 0) is 36.4 Å². The van der Waals surface area contributed by atoms with Gasteiger partial charge in [-0.25, -0.2) is 5.21 Å². The third kappa shape index (κ3) is 3.34. The van der Waals surface area contributed by atoms with Crippen molar-refractivity contribution in [2.45, 2.75) is 0 Å². The lowest BCUT2D eigenvalue weighted by Gasteiger charge is -2.12. The molecule has 3 aromatic carbocycles. The quantitative estimate of drug-likeness (QED) is 0.546. The summed E-state index contributed by atoms with van der Waals surface area (Å²) in [6.07, 6.45) is 0. The van der Waals surface area contributed by atoms with Gasteiger partial charge < -0.3 is 14.8 Å². The van der Waals surface area contributed by atoms with Crippen molar-refractivity contribution < 1.29 is 24.4 Å². The maximum atomic E-state index is 12.8. The SMILES string of the molecule is O=C1Nc2ccccc2Oc2cc([N+](=O)O)cc(Oc3ccc(Br)cc3)c21. The molecule has 0 fully saturated rings. The first-order valence-corrected chi connectivity index (χ1v) is 8.66. The zero-order chi connectivity index (χ0) is 19.0. The van der Waals surface area contributed by atoms with Gasteiger partial charge in [0.2, 0.25) is 0 Å². The van der Waals surface area contributed by atoms with E-state index in [1.165, 1.54) is 12.1 Å². The lowest BCUT2D eigenvalue weighted by molar-refractivity contribution is -0.729. The standard InChI is InChI=1S/C19H11BrN2O5/c20-11-5-7-13(8-6-11)26-16-9-12(22(24)25)10-17-18(16)19(23)21-14-3-1-2-4-15(14)27-17/h1-10H,(H-,21,23,24,25)/p+1. The Balaban J connectivity index is 1.85. The average Bonchev–Trinajstić information content (AvgIpc) is 2.79. The highest BCUT2D eigenvalue weighted by Gasteiger charge is 2.30. The fourth-order valence-electron chi connectivity index (χ4n) is 2.66. The summed E-state index contributed by atoms with van der Waals surface area (Å²) in [4.78, 5) is 23.9. The number of nitrogens with one attached hydrogen (secondary N) is 1. The molecule has 0 saturated heterocycles. The van der Waals surface area contributed by atoms with Crippen LogP contribution in [-0.2, 0) is 0 Å². The maximum absolute atomic E-state index is 12.8. The van der Waals surface area contributed by atoms with E-state index in [9.17, 15) is 14.9 Å². The maximum Gasteiger partial charge on any atom is 0.324 e. The molecule has 27 heavy (non-hydrogen) atoms. The van der Waals surface area contributed by atoms with Crippen LogP contribution in [0.2, 0.25) is 0 Å². The minimum atomic E-state index is -0.455. The van der Waals surface area contributed by atoms with E-state index in [4.69, 9.17) is 9.47 Å². The molecule has 2 N–H and O–H groups in total. The summed E-state index contributed by atoms with van der Waals surface area (Å²) in [5, 5.41) is 12.1. The molecule has 0 unspecified atom stereocenters. The summed E-state index contributed by atoms with van der Waals surface area (Å²) in [7, 11) is 0. The normalized spacial score (nSPS) is 12.1. The molecule has 1 heterocycles. The Morgan fingerprint density at radius 3 is 2.52 bits per heavy atom. The molecular formula is C19H12BrN2O5+. The largest absolute Gasteiger partial charge is 0.456 e. The summed E-state index contributed by atoms with van der Waals surface area (Å²) >= 11 is 3.34. The lowest BCUT2D eigenvalue weighted by Crippen LogP contribution is -2.12. The fourth-order valence-corrected chi connectivity index (χ4v) is 2.93. The number of anilines is 1. The highest BCUT2D eigenvalue weighted by Crippen LogP contribution is 2.42. The van der Waals surface area contributed by atoms with E-state index >= 15 is 0 Å². The molecule has 134 valence electrons. The highest BCUT2D eigenvalue weighted by molar-refractivity contribution is 9.10. The molecule has 0 saturated carbocycles. The van der Waals surface area contributed by atoms with E-state index in [2.05, 4.69) is 21.2 Å². The van der Waals surface area contributed by atoms with E-state index in [0.29, 0.717) is 17.2 Å². The van der Waals surface area contributed by atoms with Crippen LogP contribution in [0.4, 0.5) is 11.4 Å². The summed E-state index contributed by atoms with van der Waals surface area (Å²) in [5.74, 6) is 0.570. The van der Waals surface area contributed by atoms with Crippen LogP contribution in [0.15, 0.2) is 65.1 Å². The number of carbonyl (C=O) groups is 1. The molecule has 1 amide bonds. The molecular weight excluding hydrogens is 416 g/mol. The minimum absolute atomic E-state index is 0.0741. The van der Waals surface area contributed by atoms with Gasteiger partial charge >= 0.3 is 5.69 Å². The number of ether oxygens (including phenoxy) is 2. The summed E-state index contributed by atoms with van der Waals surface area (Å²) in [6.45, 7) is 0. The second-order valence-corrected chi connectivity index (χ2v) is 6.61. The Labute approximate surface area is 161 Å². The summed E-state index contributed by atoms with van der Waals surface area (Å²) in [5.41, 5.74) is 0.464. The Kier molecular flexibility index (Phi) is 4.25. The molecule has 1 aliphatic rings. The second kappa shape index (κ2) is 6.73. The third-order valence-corrected chi connectivity index (χ3v) is 4.42. The highest BCUT2D eigenvalue weighted by atomic mass is 79.9. The predicted molar refractivity (Wildman–Crippen MR) is 100 cm³/mol. The molecule has 3 aromatic rings.